The van der Waals surface area contributed by atoms with E-state index >= 15 is 0 Å². The summed E-state index contributed by atoms with van der Waals surface area (Å²) in [6, 6.07) is 8.42. The first-order valence-corrected chi connectivity index (χ1v) is 7.16. The van der Waals surface area contributed by atoms with Gasteiger partial charge in [0.05, 0.1) is 18.2 Å². The van der Waals surface area contributed by atoms with Crippen LogP contribution in [0, 0.1) is 11.8 Å². The number of rotatable bonds is 2. The van der Waals surface area contributed by atoms with Gasteiger partial charge in [-0.2, -0.15) is 0 Å². The Morgan fingerprint density at radius 3 is 2.65 bits per heavy atom. The molecule has 3 heteroatoms. The van der Waals surface area contributed by atoms with Gasteiger partial charge in [0.25, 0.3) is 0 Å². The summed E-state index contributed by atoms with van der Waals surface area (Å²) in [4.78, 5) is 2.45. The molecule has 0 aliphatic carbocycles. The molecule has 1 saturated heterocycles. The second kappa shape index (κ2) is 6.41. The molecule has 1 aromatic rings. The molecule has 1 heterocycles. The van der Waals surface area contributed by atoms with Gasteiger partial charge >= 0.3 is 0 Å². The zero-order valence-corrected chi connectivity index (χ0v) is 12.6. The van der Waals surface area contributed by atoms with Crippen molar-refractivity contribution < 1.29 is 4.74 Å². The molecule has 0 spiro atoms. The minimum Gasteiger partial charge on any atom is -0.370 e. The lowest BCUT2D eigenvalue weighted by Crippen LogP contribution is -2.51. The fourth-order valence-corrected chi connectivity index (χ4v) is 2.81. The van der Waals surface area contributed by atoms with Crippen LogP contribution >= 0.6 is 0 Å². The normalized spacial score (nSPS) is 22.1. The van der Waals surface area contributed by atoms with E-state index in [0.717, 1.165) is 25.2 Å². The molecule has 0 aromatic heterocycles. The van der Waals surface area contributed by atoms with Crippen LogP contribution in [0.1, 0.15) is 31.9 Å². The first-order valence-electron chi connectivity index (χ1n) is 7.16. The van der Waals surface area contributed by atoms with Crippen molar-refractivity contribution in [1.82, 2.24) is 4.90 Å². The highest BCUT2D eigenvalue weighted by Gasteiger charge is 2.30. The van der Waals surface area contributed by atoms with Gasteiger partial charge < -0.3 is 10.5 Å². The maximum atomic E-state index is 5.93. The van der Waals surface area contributed by atoms with Crippen molar-refractivity contribution in [3.05, 3.63) is 35.4 Å². The van der Waals surface area contributed by atoms with E-state index in [0.29, 0.717) is 6.54 Å². The highest BCUT2D eigenvalue weighted by Crippen LogP contribution is 2.22. The van der Waals surface area contributed by atoms with Gasteiger partial charge in [0.2, 0.25) is 0 Å². The van der Waals surface area contributed by atoms with Crippen molar-refractivity contribution >= 4 is 0 Å². The average molecular weight is 272 g/mol. The molecule has 1 aromatic carbocycles. The summed E-state index contributed by atoms with van der Waals surface area (Å²) >= 11 is 0. The van der Waals surface area contributed by atoms with Gasteiger partial charge in [-0.3, -0.25) is 4.90 Å². The van der Waals surface area contributed by atoms with Gasteiger partial charge in [-0.25, -0.2) is 0 Å². The lowest BCUT2D eigenvalue weighted by atomic mass is 10.0. The standard InChI is InChI=1S/C17H24N2O/c1-14-11-19(13-17(2,3)20-14)12-16-8-6-15(7-9-16)5-4-10-18/h6-9,14H,10-13,18H2,1-3H3. The molecule has 0 saturated carbocycles. The number of benzene rings is 1. The number of hydrogen-bond acceptors (Lipinski definition) is 3. The van der Waals surface area contributed by atoms with Crippen LogP contribution in [0.3, 0.4) is 0 Å². The first-order chi connectivity index (χ1) is 9.48. The molecular weight excluding hydrogens is 248 g/mol. The Morgan fingerprint density at radius 1 is 1.35 bits per heavy atom. The van der Waals surface area contributed by atoms with E-state index in [9.17, 15) is 0 Å². The molecular formula is C17H24N2O. The van der Waals surface area contributed by atoms with Crippen LogP contribution in [-0.4, -0.2) is 36.2 Å². The van der Waals surface area contributed by atoms with Gasteiger partial charge in [-0.15, -0.1) is 0 Å². The van der Waals surface area contributed by atoms with E-state index < -0.39 is 0 Å². The Morgan fingerprint density at radius 2 is 2.05 bits per heavy atom. The Balaban J connectivity index is 1.99. The van der Waals surface area contributed by atoms with E-state index in [4.69, 9.17) is 10.5 Å². The summed E-state index contributed by atoms with van der Waals surface area (Å²) in [5.41, 5.74) is 7.65. The minimum atomic E-state index is -0.0653. The predicted molar refractivity (Wildman–Crippen MR) is 82.3 cm³/mol. The number of ether oxygens (including phenoxy) is 1. The van der Waals surface area contributed by atoms with Crippen molar-refractivity contribution in [3.8, 4) is 11.8 Å². The van der Waals surface area contributed by atoms with E-state index in [1.807, 2.05) is 0 Å². The molecule has 1 atom stereocenters. The molecule has 20 heavy (non-hydrogen) atoms. The Hall–Kier alpha value is -1.34. The molecule has 1 unspecified atom stereocenters. The lowest BCUT2D eigenvalue weighted by molar-refractivity contribution is -0.130. The van der Waals surface area contributed by atoms with Crippen molar-refractivity contribution in [2.24, 2.45) is 5.73 Å². The predicted octanol–water partition coefficient (Wildman–Crippen LogP) is 2.00. The summed E-state index contributed by atoms with van der Waals surface area (Å²) in [6.07, 6.45) is 0.286. The Kier molecular flexibility index (Phi) is 4.82. The van der Waals surface area contributed by atoms with Gasteiger partial charge in [-0.05, 0) is 38.5 Å². The highest BCUT2D eigenvalue weighted by molar-refractivity contribution is 5.36. The molecule has 2 N–H and O–H groups in total. The third kappa shape index (κ3) is 4.35. The van der Waals surface area contributed by atoms with E-state index in [1.54, 1.807) is 0 Å². The second-order valence-electron chi connectivity index (χ2n) is 6.06. The van der Waals surface area contributed by atoms with Gasteiger partial charge in [-0.1, -0.05) is 24.0 Å². The third-order valence-electron chi connectivity index (χ3n) is 3.33. The van der Waals surface area contributed by atoms with Gasteiger partial charge in [0.1, 0.15) is 0 Å². The van der Waals surface area contributed by atoms with Crippen LogP contribution < -0.4 is 5.73 Å². The fraction of sp³-hybridized carbons (Fsp3) is 0.529. The summed E-state index contributed by atoms with van der Waals surface area (Å²) in [5.74, 6) is 5.92. The molecule has 0 amide bonds. The molecule has 1 aliphatic heterocycles. The van der Waals surface area contributed by atoms with E-state index in [-0.39, 0.29) is 11.7 Å². The topological polar surface area (TPSA) is 38.5 Å². The second-order valence-corrected chi connectivity index (χ2v) is 6.06. The Labute approximate surface area is 122 Å². The summed E-state index contributed by atoms with van der Waals surface area (Å²) < 4.78 is 5.93. The summed E-state index contributed by atoms with van der Waals surface area (Å²) in [5, 5.41) is 0. The third-order valence-corrected chi connectivity index (χ3v) is 3.33. The van der Waals surface area contributed by atoms with Gasteiger partial charge in [0.15, 0.2) is 0 Å². The fourth-order valence-electron chi connectivity index (χ4n) is 2.81. The van der Waals surface area contributed by atoms with Crippen molar-refractivity contribution in [2.75, 3.05) is 19.6 Å². The van der Waals surface area contributed by atoms with Gasteiger partial charge in [0, 0.05) is 25.2 Å². The molecule has 108 valence electrons. The summed E-state index contributed by atoms with van der Waals surface area (Å²) in [7, 11) is 0. The maximum Gasteiger partial charge on any atom is 0.0757 e. The zero-order valence-electron chi connectivity index (χ0n) is 12.6. The van der Waals surface area contributed by atoms with E-state index in [1.165, 1.54) is 5.56 Å². The minimum absolute atomic E-state index is 0.0653. The number of nitrogens with zero attached hydrogens (tertiary/aromatic N) is 1. The SMILES string of the molecule is CC1CN(Cc2ccc(C#CCN)cc2)CC(C)(C)O1. The number of hydrogen-bond donors (Lipinski definition) is 1. The van der Waals surface area contributed by atoms with Crippen LogP contribution in [0.25, 0.3) is 0 Å². The maximum absolute atomic E-state index is 5.93. The monoisotopic (exact) mass is 272 g/mol. The average Bonchev–Trinajstić information content (AvgIpc) is 2.35. The lowest BCUT2D eigenvalue weighted by Gasteiger charge is -2.41. The Bertz CT molecular complexity index is 496. The number of morpholine rings is 1. The molecule has 0 bridgehead atoms. The molecule has 1 aliphatic rings. The van der Waals surface area contributed by atoms with Crippen molar-refractivity contribution in [1.29, 1.82) is 0 Å². The van der Waals surface area contributed by atoms with E-state index in [2.05, 4.69) is 61.8 Å². The van der Waals surface area contributed by atoms with Crippen LogP contribution in [0.4, 0.5) is 0 Å². The zero-order chi connectivity index (χ0) is 14.6. The number of nitrogens with two attached hydrogens (primary N) is 1. The van der Waals surface area contributed by atoms with Crippen LogP contribution in [-0.2, 0) is 11.3 Å². The smallest absolute Gasteiger partial charge is 0.0757 e. The largest absolute Gasteiger partial charge is 0.370 e. The van der Waals surface area contributed by atoms with Crippen LogP contribution in [0.5, 0.6) is 0 Å². The van der Waals surface area contributed by atoms with Crippen molar-refractivity contribution in [2.45, 2.75) is 39.0 Å². The van der Waals surface area contributed by atoms with Crippen LogP contribution in [0.15, 0.2) is 24.3 Å². The highest BCUT2D eigenvalue weighted by atomic mass is 16.5. The quantitative estimate of drug-likeness (QED) is 0.837. The molecule has 2 rings (SSSR count). The van der Waals surface area contributed by atoms with Crippen LogP contribution in [0.2, 0.25) is 0 Å². The first kappa shape index (κ1) is 15.1. The molecule has 3 nitrogen and oxygen atoms in total. The summed E-state index contributed by atoms with van der Waals surface area (Å²) in [6.45, 7) is 9.76. The van der Waals surface area contributed by atoms with Crippen molar-refractivity contribution in [3.63, 3.8) is 0 Å². The molecule has 1 fully saturated rings. The molecule has 0 radical (unpaired) electrons.